The van der Waals surface area contributed by atoms with E-state index in [-0.39, 0.29) is 15.6 Å². The van der Waals surface area contributed by atoms with E-state index in [1.54, 1.807) is 0 Å². The highest BCUT2D eigenvalue weighted by molar-refractivity contribution is 7.89. The summed E-state index contributed by atoms with van der Waals surface area (Å²) in [5.41, 5.74) is -1.02. The van der Waals surface area contributed by atoms with E-state index < -0.39 is 37.2 Å². The number of aromatic nitrogens is 1. The van der Waals surface area contributed by atoms with Crippen LogP contribution >= 0.6 is 11.3 Å². The zero-order valence-corrected chi connectivity index (χ0v) is 19.9. The summed E-state index contributed by atoms with van der Waals surface area (Å²) in [7, 11) is -3.70. The van der Waals surface area contributed by atoms with Crippen LogP contribution in [0.1, 0.15) is 37.0 Å². The number of sulfonamides is 1. The third-order valence-corrected chi connectivity index (χ3v) is 7.58. The number of fused-ring (bicyclic) bond motifs is 1. The topological polar surface area (TPSA) is 166 Å². The predicted octanol–water partition coefficient (Wildman–Crippen LogP) is 4.18. The molecule has 3 aromatic rings. The molecule has 0 spiro atoms. The van der Waals surface area contributed by atoms with Crippen molar-refractivity contribution in [1.29, 1.82) is 0 Å². The summed E-state index contributed by atoms with van der Waals surface area (Å²) in [6.07, 6.45) is 1.35. The molecule has 1 aromatic heterocycles. The van der Waals surface area contributed by atoms with Crippen LogP contribution in [0.2, 0.25) is 0 Å². The molecule has 0 bridgehead atoms. The van der Waals surface area contributed by atoms with Crippen LogP contribution in [-0.4, -0.2) is 46.6 Å². The number of anilines is 1. The highest BCUT2D eigenvalue weighted by atomic mass is 32.2. The van der Waals surface area contributed by atoms with Gasteiger partial charge >= 0.3 is 0 Å². The van der Waals surface area contributed by atoms with E-state index in [9.17, 15) is 33.4 Å². The Bertz CT molecular complexity index is 1330. The van der Waals surface area contributed by atoms with Gasteiger partial charge in [0.25, 0.3) is 17.3 Å². The van der Waals surface area contributed by atoms with Crippen LogP contribution in [0.3, 0.4) is 0 Å². The van der Waals surface area contributed by atoms with E-state index in [0.717, 1.165) is 29.5 Å². The Balaban J connectivity index is 1.91. The molecule has 0 aliphatic carbocycles. The molecule has 12 nitrogen and oxygen atoms in total. The molecule has 0 saturated carbocycles. The normalized spacial score (nSPS) is 11.6. The standard InChI is InChI=1S/C20H21N5O7S2/c1-3-7-23(8-4-2)34(31,32)16-5-6-17-18(12-16)33-20(21-17)22-19(26)13-9-14(24(27)28)11-15(10-13)25(29)30/h5-6,9-12H,3-4,7-8H2,1-2H3,(H,21,22,26). The van der Waals surface area contributed by atoms with Crippen molar-refractivity contribution in [1.82, 2.24) is 9.29 Å². The maximum atomic E-state index is 13.0. The minimum absolute atomic E-state index is 0.109. The molecule has 0 radical (unpaired) electrons. The maximum absolute atomic E-state index is 13.0. The van der Waals surface area contributed by atoms with Crippen molar-refractivity contribution < 1.29 is 23.1 Å². The van der Waals surface area contributed by atoms with Gasteiger partial charge < -0.3 is 0 Å². The molecule has 0 aliphatic rings. The van der Waals surface area contributed by atoms with E-state index in [1.807, 2.05) is 13.8 Å². The quantitative estimate of drug-likeness (QED) is 0.315. The summed E-state index contributed by atoms with van der Waals surface area (Å²) in [6.45, 7) is 4.59. The van der Waals surface area contributed by atoms with Crippen LogP contribution in [0.5, 0.6) is 0 Å². The summed E-state index contributed by atoms with van der Waals surface area (Å²) in [4.78, 5) is 37.4. The third kappa shape index (κ3) is 5.35. The third-order valence-electron chi connectivity index (χ3n) is 4.75. The number of rotatable bonds is 10. The van der Waals surface area contributed by atoms with Crippen molar-refractivity contribution in [3.63, 3.8) is 0 Å². The van der Waals surface area contributed by atoms with E-state index >= 15 is 0 Å². The van der Waals surface area contributed by atoms with Crippen LogP contribution in [0.25, 0.3) is 10.2 Å². The largest absolute Gasteiger partial charge is 0.298 e. The van der Waals surface area contributed by atoms with Crippen molar-refractivity contribution in [2.75, 3.05) is 18.4 Å². The fourth-order valence-electron chi connectivity index (χ4n) is 3.23. The van der Waals surface area contributed by atoms with Crippen molar-refractivity contribution in [3.8, 4) is 0 Å². The van der Waals surface area contributed by atoms with Crippen molar-refractivity contribution in [3.05, 3.63) is 62.2 Å². The van der Waals surface area contributed by atoms with Gasteiger partial charge in [-0.2, -0.15) is 4.31 Å². The SMILES string of the molecule is CCCN(CCC)S(=O)(=O)c1ccc2nc(NC(=O)c3cc([N+](=O)[O-])cc([N+](=O)[O-])c3)sc2c1. The van der Waals surface area contributed by atoms with Gasteiger partial charge in [-0.1, -0.05) is 25.2 Å². The lowest BCUT2D eigenvalue weighted by molar-refractivity contribution is -0.394. The molecule has 1 amide bonds. The van der Waals surface area contributed by atoms with Crippen LogP contribution in [0.4, 0.5) is 16.5 Å². The van der Waals surface area contributed by atoms with Crippen LogP contribution in [0, 0.1) is 20.2 Å². The second-order valence-electron chi connectivity index (χ2n) is 7.26. The zero-order valence-electron chi connectivity index (χ0n) is 18.3. The molecule has 0 saturated heterocycles. The number of thiazole rings is 1. The summed E-state index contributed by atoms with van der Waals surface area (Å²) in [5.74, 6) is -0.823. The number of nitrogens with zero attached hydrogens (tertiary/aromatic N) is 4. The van der Waals surface area contributed by atoms with E-state index in [0.29, 0.717) is 36.1 Å². The number of nitro groups is 2. The number of carbonyl (C=O) groups is 1. The monoisotopic (exact) mass is 507 g/mol. The first-order valence-electron chi connectivity index (χ1n) is 10.2. The molecule has 0 atom stereocenters. The Hall–Kier alpha value is -3.49. The Kier molecular flexibility index (Phi) is 7.54. The Morgan fingerprint density at radius 1 is 1.03 bits per heavy atom. The minimum Gasteiger partial charge on any atom is -0.298 e. The van der Waals surface area contributed by atoms with Crippen molar-refractivity contribution in [2.45, 2.75) is 31.6 Å². The summed E-state index contributed by atoms with van der Waals surface area (Å²) >= 11 is 1.02. The molecular formula is C20H21N5O7S2. The molecule has 14 heteroatoms. The highest BCUT2D eigenvalue weighted by Gasteiger charge is 2.24. The number of non-ortho nitro benzene ring substituents is 2. The van der Waals surface area contributed by atoms with E-state index in [1.165, 1.54) is 22.5 Å². The van der Waals surface area contributed by atoms with E-state index in [2.05, 4.69) is 10.3 Å². The first kappa shape index (κ1) is 25.1. The van der Waals surface area contributed by atoms with Gasteiger partial charge in [0.15, 0.2) is 5.13 Å². The van der Waals surface area contributed by atoms with Gasteiger partial charge in [-0.25, -0.2) is 13.4 Å². The maximum Gasteiger partial charge on any atom is 0.277 e. The zero-order chi connectivity index (χ0) is 25.0. The molecule has 0 unspecified atom stereocenters. The Morgan fingerprint density at radius 3 is 2.15 bits per heavy atom. The number of hydrogen-bond acceptors (Lipinski definition) is 9. The smallest absolute Gasteiger partial charge is 0.277 e. The first-order chi connectivity index (χ1) is 16.1. The molecule has 3 rings (SSSR count). The lowest BCUT2D eigenvalue weighted by atomic mass is 10.1. The van der Waals surface area contributed by atoms with Crippen molar-refractivity contribution in [2.24, 2.45) is 0 Å². The number of amides is 1. The van der Waals surface area contributed by atoms with Gasteiger partial charge in [-0.15, -0.1) is 0 Å². The van der Waals surface area contributed by atoms with Gasteiger partial charge in [0.1, 0.15) is 0 Å². The average molecular weight is 508 g/mol. The average Bonchev–Trinajstić information content (AvgIpc) is 3.19. The van der Waals surface area contributed by atoms with Crippen LogP contribution in [-0.2, 0) is 10.0 Å². The summed E-state index contributed by atoms with van der Waals surface area (Å²) in [5, 5.41) is 24.7. The minimum atomic E-state index is -3.70. The van der Waals surface area contributed by atoms with Gasteiger partial charge in [-0.3, -0.25) is 30.3 Å². The number of benzene rings is 2. The van der Waals surface area contributed by atoms with Crippen LogP contribution < -0.4 is 5.32 Å². The van der Waals surface area contributed by atoms with E-state index in [4.69, 9.17) is 0 Å². The predicted molar refractivity (Wildman–Crippen MR) is 127 cm³/mol. The molecule has 1 N–H and O–H groups in total. The number of nitro benzene ring substituents is 2. The Morgan fingerprint density at radius 2 is 1.62 bits per heavy atom. The van der Waals surface area contributed by atoms with Gasteiger partial charge in [0, 0.05) is 25.2 Å². The van der Waals surface area contributed by atoms with Gasteiger partial charge in [-0.05, 0) is 31.0 Å². The number of carbonyl (C=O) groups excluding carboxylic acids is 1. The summed E-state index contributed by atoms with van der Waals surface area (Å²) in [6, 6.07) is 7.08. The second-order valence-corrected chi connectivity index (χ2v) is 10.2. The molecule has 34 heavy (non-hydrogen) atoms. The molecule has 2 aromatic carbocycles. The van der Waals surface area contributed by atoms with Gasteiger partial charge in [0.2, 0.25) is 10.0 Å². The molecule has 180 valence electrons. The molecule has 0 aliphatic heterocycles. The fraction of sp³-hybridized carbons (Fsp3) is 0.300. The van der Waals surface area contributed by atoms with Crippen LogP contribution in [0.15, 0.2) is 41.3 Å². The highest BCUT2D eigenvalue weighted by Crippen LogP contribution is 2.30. The number of nitrogens with one attached hydrogen (secondary N) is 1. The van der Waals surface area contributed by atoms with Gasteiger partial charge in [0.05, 0.1) is 36.6 Å². The molecular weight excluding hydrogens is 486 g/mol. The molecule has 0 fully saturated rings. The first-order valence-corrected chi connectivity index (χ1v) is 12.5. The summed E-state index contributed by atoms with van der Waals surface area (Å²) < 4.78 is 28.0. The second kappa shape index (κ2) is 10.2. The lowest BCUT2D eigenvalue weighted by Gasteiger charge is -2.20. The molecule has 1 heterocycles. The van der Waals surface area contributed by atoms with Crippen molar-refractivity contribution >= 4 is 54.0 Å². The lowest BCUT2D eigenvalue weighted by Crippen LogP contribution is -2.32. The Labute approximate surface area is 198 Å². The fourth-order valence-corrected chi connectivity index (χ4v) is 5.85. The number of hydrogen-bond donors (Lipinski definition) is 1.